The Labute approximate surface area is 316 Å². The van der Waals surface area contributed by atoms with E-state index in [0.717, 1.165) is 37.5 Å². The van der Waals surface area contributed by atoms with Gasteiger partial charge in [-0.15, -0.1) is 11.3 Å². The van der Waals surface area contributed by atoms with Crippen LogP contribution in [0.4, 0.5) is 37.2 Å². The summed E-state index contributed by atoms with van der Waals surface area (Å²) < 4.78 is 104. The fourth-order valence-electron chi connectivity index (χ4n) is 9.03. The lowest BCUT2D eigenvalue weighted by atomic mass is 9.92. The third kappa shape index (κ3) is 6.49. The van der Waals surface area contributed by atoms with Gasteiger partial charge in [0.05, 0.1) is 21.4 Å². The summed E-state index contributed by atoms with van der Waals surface area (Å²) in [5.74, 6) is -2.38. The fraction of sp³-hybridized carbons (Fsp3) is 0.526. The van der Waals surface area contributed by atoms with Crippen molar-refractivity contribution in [1.82, 2.24) is 19.8 Å². The number of alkyl halides is 4. The highest BCUT2D eigenvalue weighted by molar-refractivity contribution is 7.23. The number of halogens is 6. The van der Waals surface area contributed by atoms with E-state index in [9.17, 15) is 14.4 Å². The Hall–Kier alpha value is -4.40. The molecule has 10 nitrogen and oxygen atoms in total. The topological polar surface area (TPSA) is 121 Å². The molecule has 8 rings (SSSR count). The second-order valence-corrected chi connectivity index (χ2v) is 15.9. The minimum atomic E-state index is -5.13. The molecule has 55 heavy (non-hydrogen) atoms. The zero-order valence-corrected chi connectivity index (χ0v) is 30.8. The van der Waals surface area contributed by atoms with E-state index in [4.69, 9.17) is 15.2 Å². The van der Waals surface area contributed by atoms with Crippen LogP contribution in [0.25, 0.3) is 32.1 Å². The van der Waals surface area contributed by atoms with Crippen LogP contribution in [0.1, 0.15) is 63.0 Å². The molecule has 4 atom stereocenters. The van der Waals surface area contributed by atoms with Crippen molar-refractivity contribution in [2.24, 2.45) is 0 Å². The Bertz CT molecular complexity index is 2210. The van der Waals surface area contributed by atoms with Gasteiger partial charge in [-0.05, 0) is 69.7 Å². The number of thiophene rings is 1. The van der Waals surface area contributed by atoms with Crippen LogP contribution in [0.15, 0.2) is 18.2 Å². The number of hydrogen-bond acceptors (Lipinski definition) is 10. The lowest BCUT2D eigenvalue weighted by molar-refractivity contribution is -0.145. The molecule has 0 aliphatic carbocycles. The Morgan fingerprint density at radius 3 is 2.73 bits per heavy atom. The van der Waals surface area contributed by atoms with E-state index < -0.39 is 58.3 Å². The molecule has 0 bridgehead atoms. The molecule has 4 fully saturated rings. The van der Waals surface area contributed by atoms with E-state index in [0.29, 0.717) is 50.3 Å². The molecule has 2 aromatic heterocycles. The van der Waals surface area contributed by atoms with Gasteiger partial charge in [0.25, 0.3) is 5.91 Å². The number of nitriles is 1. The molecule has 17 heteroatoms. The van der Waals surface area contributed by atoms with Gasteiger partial charge in [-0.1, -0.05) is 6.07 Å². The molecule has 0 radical (unpaired) electrons. The van der Waals surface area contributed by atoms with Crippen LogP contribution in [-0.2, 0) is 15.7 Å². The van der Waals surface area contributed by atoms with Crippen molar-refractivity contribution < 1.29 is 40.6 Å². The van der Waals surface area contributed by atoms with Crippen molar-refractivity contribution in [1.29, 1.82) is 5.26 Å². The molecule has 6 heterocycles. The average molecular weight is 788 g/mol. The van der Waals surface area contributed by atoms with Crippen molar-refractivity contribution >= 4 is 49.1 Å². The third-order valence-electron chi connectivity index (χ3n) is 11.6. The van der Waals surface area contributed by atoms with E-state index in [1.165, 1.54) is 0 Å². The number of aromatic nitrogens is 2. The van der Waals surface area contributed by atoms with Crippen LogP contribution in [-0.4, -0.2) is 95.5 Å². The summed E-state index contributed by atoms with van der Waals surface area (Å²) >= 11 is 0.682. The molecular formula is C38H39F6N7O3S. The molecule has 2 aromatic carbocycles. The van der Waals surface area contributed by atoms with Crippen LogP contribution < -0.4 is 15.4 Å². The van der Waals surface area contributed by atoms with Gasteiger partial charge in [0.2, 0.25) is 0 Å². The maximum Gasteiger partial charge on any atom is 0.417 e. The first-order chi connectivity index (χ1) is 26.3. The van der Waals surface area contributed by atoms with Gasteiger partial charge < -0.3 is 25.0 Å². The number of anilines is 2. The number of rotatable bonds is 8. The van der Waals surface area contributed by atoms with Crippen LogP contribution in [0, 0.1) is 23.0 Å². The van der Waals surface area contributed by atoms with Gasteiger partial charge in [0.15, 0.2) is 5.82 Å². The van der Waals surface area contributed by atoms with Gasteiger partial charge in [-0.25, -0.2) is 13.2 Å². The molecule has 0 saturated carbocycles. The molecule has 0 spiro atoms. The minimum absolute atomic E-state index is 0.0228. The van der Waals surface area contributed by atoms with Gasteiger partial charge in [0, 0.05) is 61.6 Å². The normalized spacial score (nSPS) is 24.5. The highest BCUT2D eigenvalue weighted by atomic mass is 32.1. The van der Waals surface area contributed by atoms with Gasteiger partial charge in [0.1, 0.15) is 47.1 Å². The smallest absolute Gasteiger partial charge is 0.417 e. The number of nitrogens with zero attached hydrogens (tertiary/aromatic N) is 6. The monoisotopic (exact) mass is 787 g/mol. The van der Waals surface area contributed by atoms with Crippen molar-refractivity contribution in [3.05, 3.63) is 41.0 Å². The predicted octanol–water partition coefficient (Wildman–Crippen LogP) is 7.21. The number of likely N-dealkylation sites (N-methyl/N-ethyl adjacent to an activating group) is 1. The molecule has 4 aliphatic heterocycles. The number of carbonyl (C=O) groups is 1. The van der Waals surface area contributed by atoms with Gasteiger partial charge >= 0.3 is 12.2 Å². The van der Waals surface area contributed by atoms with Crippen LogP contribution in [0.3, 0.4) is 0 Å². The number of carbonyl (C=O) groups excluding carboxylic acids is 1. The molecule has 4 unspecified atom stereocenters. The summed E-state index contributed by atoms with van der Waals surface area (Å²) in [5, 5.41) is 9.28. The number of benzene rings is 2. The van der Waals surface area contributed by atoms with Crippen molar-refractivity contribution in [3.8, 4) is 23.2 Å². The first-order valence-corrected chi connectivity index (χ1v) is 19.4. The van der Waals surface area contributed by atoms with Crippen molar-refractivity contribution in [2.75, 3.05) is 56.6 Å². The average Bonchev–Trinajstić information content (AvgIpc) is 3.94. The summed E-state index contributed by atoms with van der Waals surface area (Å²) in [7, 11) is 0. The molecule has 2 N–H and O–H groups in total. The van der Waals surface area contributed by atoms with Crippen LogP contribution in [0.5, 0.6) is 6.01 Å². The number of nitrogens with two attached hydrogens (primary N) is 1. The van der Waals surface area contributed by atoms with Gasteiger partial charge in [-0.3, -0.25) is 9.69 Å². The third-order valence-corrected chi connectivity index (χ3v) is 12.6. The number of fused-ring (bicyclic) bond motifs is 3. The Balaban J connectivity index is 1.28. The maximum atomic E-state index is 17.3. The second-order valence-electron chi connectivity index (χ2n) is 14.8. The summed E-state index contributed by atoms with van der Waals surface area (Å²) in [6, 6.07) is 3.82. The summed E-state index contributed by atoms with van der Waals surface area (Å²) in [4.78, 5) is 27.8. The lowest BCUT2D eigenvalue weighted by Gasteiger charge is -2.32. The molecule has 4 aromatic rings. The van der Waals surface area contributed by atoms with Crippen molar-refractivity contribution in [3.63, 3.8) is 0 Å². The predicted molar refractivity (Wildman–Crippen MR) is 195 cm³/mol. The van der Waals surface area contributed by atoms with E-state index in [1.54, 1.807) is 16.7 Å². The zero-order valence-electron chi connectivity index (χ0n) is 30.0. The number of amides is 1. The maximum absolute atomic E-state index is 17.3. The highest BCUT2D eigenvalue weighted by Gasteiger charge is 2.49. The van der Waals surface area contributed by atoms with E-state index in [2.05, 4.69) is 9.97 Å². The summed E-state index contributed by atoms with van der Waals surface area (Å²) in [6.07, 6.45) is -2.23. The molecule has 4 aliphatic rings. The van der Waals surface area contributed by atoms with E-state index >= 15 is 22.0 Å². The summed E-state index contributed by atoms with van der Waals surface area (Å²) in [5.41, 5.74) is 1.91. The first-order valence-electron chi connectivity index (χ1n) is 18.5. The molecule has 4 saturated heterocycles. The largest absolute Gasteiger partial charge is 0.461 e. The van der Waals surface area contributed by atoms with Crippen molar-refractivity contribution in [2.45, 2.75) is 81.9 Å². The quantitative estimate of drug-likeness (QED) is 0.185. The minimum Gasteiger partial charge on any atom is -0.461 e. The van der Waals surface area contributed by atoms with Crippen LogP contribution >= 0.6 is 11.3 Å². The standard InChI is InChI=1S/C38H39F6N7O3S/c1-2-51(21-9-12-49(18-21)35(52)27-6-3-4-13-53-27)34-23-14-25(38(42,43)44)29(22-7-8-26(40)32-28(22)24(16-45)33(46)55-32)30(41)31(23)47-36(48-34)54-19-37-10-5-11-50(37)17-20(39)15-37/h7-8,14,20-21,27H,2-6,9-13,15,17-19,46H2,1H3. The number of likely N-dealkylation sites (tertiary alicyclic amines) is 1. The Kier molecular flexibility index (Phi) is 9.74. The number of nitrogen functional groups attached to an aromatic ring is 1. The molecule has 292 valence electrons. The number of ether oxygens (including phenoxy) is 2. The number of hydrogen-bond donors (Lipinski definition) is 1. The SMILES string of the molecule is CCN(c1nc(OCC23CCCN2CC(F)C3)nc2c(F)c(-c3ccc(F)c4sc(N)c(C#N)c34)c(C(F)(F)F)cc12)C1CCN(C(=O)C2CCCCO2)C1. The van der Waals surface area contributed by atoms with E-state index in [-0.39, 0.29) is 82.0 Å². The Morgan fingerprint density at radius 1 is 1.18 bits per heavy atom. The zero-order chi connectivity index (χ0) is 38.8. The highest BCUT2D eigenvalue weighted by Crippen LogP contribution is 2.48. The second kappa shape index (κ2) is 14.3. The molecule has 1 amide bonds. The lowest BCUT2D eigenvalue weighted by Crippen LogP contribution is -2.44. The molecular weight excluding hydrogens is 749 g/mol. The fourth-order valence-corrected chi connectivity index (χ4v) is 9.98. The summed E-state index contributed by atoms with van der Waals surface area (Å²) in [6.45, 7) is 4.03. The Morgan fingerprint density at radius 2 is 2.00 bits per heavy atom. The first kappa shape index (κ1) is 37.5. The van der Waals surface area contributed by atoms with Gasteiger partial charge in [-0.2, -0.15) is 28.4 Å². The van der Waals surface area contributed by atoms with E-state index in [1.807, 2.05) is 11.0 Å². The van der Waals surface area contributed by atoms with Crippen LogP contribution in [0.2, 0.25) is 0 Å².